The molecular formula is C15H18BrN3. The molecule has 0 aromatic heterocycles. The quantitative estimate of drug-likeness (QED) is 0.910. The molecular weight excluding hydrogens is 302 g/mol. The maximum absolute atomic E-state index is 9.35. The molecule has 2 saturated heterocycles. The second kappa shape index (κ2) is 5.15. The lowest BCUT2D eigenvalue weighted by Gasteiger charge is -2.41. The number of rotatable bonds is 2. The van der Waals surface area contributed by atoms with Gasteiger partial charge in [0, 0.05) is 22.6 Å². The summed E-state index contributed by atoms with van der Waals surface area (Å²) in [7, 11) is 2.06. The molecule has 2 atom stereocenters. The van der Waals surface area contributed by atoms with Gasteiger partial charge < -0.3 is 10.2 Å². The van der Waals surface area contributed by atoms with E-state index >= 15 is 0 Å². The minimum atomic E-state index is 0.587. The molecule has 3 rings (SSSR count). The van der Waals surface area contributed by atoms with E-state index in [9.17, 15) is 5.26 Å². The van der Waals surface area contributed by atoms with Crippen LogP contribution in [0, 0.1) is 11.3 Å². The molecule has 2 fully saturated rings. The molecule has 1 aromatic carbocycles. The van der Waals surface area contributed by atoms with Crippen molar-refractivity contribution in [2.45, 2.75) is 43.8 Å². The van der Waals surface area contributed by atoms with Crippen molar-refractivity contribution < 1.29 is 0 Å². The molecule has 2 heterocycles. The molecule has 1 N–H and O–H groups in total. The first-order valence-corrected chi connectivity index (χ1v) is 7.67. The lowest BCUT2D eigenvalue weighted by Crippen LogP contribution is -2.48. The van der Waals surface area contributed by atoms with Crippen molar-refractivity contribution in [1.29, 1.82) is 5.26 Å². The van der Waals surface area contributed by atoms with E-state index in [-0.39, 0.29) is 0 Å². The number of nitrogens with zero attached hydrogens (tertiary/aromatic N) is 2. The largest absolute Gasteiger partial charge is 0.364 e. The topological polar surface area (TPSA) is 39.1 Å². The molecule has 2 unspecified atom stereocenters. The summed E-state index contributed by atoms with van der Waals surface area (Å²) >= 11 is 3.45. The number of piperidine rings is 1. The molecule has 0 amide bonds. The number of nitrogens with one attached hydrogen (secondary N) is 1. The predicted molar refractivity (Wildman–Crippen MR) is 80.2 cm³/mol. The van der Waals surface area contributed by atoms with Gasteiger partial charge in [-0.15, -0.1) is 0 Å². The molecule has 0 spiro atoms. The molecule has 100 valence electrons. The van der Waals surface area contributed by atoms with Crippen LogP contribution in [0.4, 0.5) is 5.69 Å². The first-order valence-electron chi connectivity index (χ1n) is 6.88. The fourth-order valence-corrected chi connectivity index (χ4v) is 3.99. The van der Waals surface area contributed by atoms with E-state index in [0.717, 1.165) is 15.7 Å². The van der Waals surface area contributed by atoms with E-state index in [4.69, 9.17) is 0 Å². The van der Waals surface area contributed by atoms with Crippen molar-refractivity contribution in [1.82, 2.24) is 5.32 Å². The van der Waals surface area contributed by atoms with Crippen molar-refractivity contribution >= 4 is 21.6 Å². The van der Waals surface area contributed by atoms with Gasteiger partial charge in [0.05, 0.1) is 11.3 Å². The van der Waals surface area contributed by atoms with E-state index in [1.807, 2.05) is 12.1 Å². The maximum atomic E-state index is 9.35. The fraction of sp³-hybridized carbons (Fsp3) is 0.533. The second-order valence-corrected chi connectivity index (χ2v) is 6.44. The Morgan fingerprint density at radius 2 is 2.00 bits per heavy atom. The highest BCUT2D eigenvalue weighted by Crippen LogP contribution is 2.40. The van der Waals surface area contributed by atoms with Gasteiger partial charge in [-0.2, -0.15) is 5.26 Å². The highest BCUT2D eigenvalue weighted by atomic mass is 79.9. The Bertz CT molecular complexity index is 509. The van der Waals surface area contributed by atoms with Crippen molar-refractivity contribution in [2.24, 2.45) is 0 Å². The Hall–Kier alpha value is -1.05. The van der Waals surface area contributed by atoms with Gasteiger partial charge in [-0.25, -0.2) is 0 Å². The fourth-order valence-electron chi connectivity index (χ4n) is 3.63. The van der Waals surface area contributed by atoms with Gasteiger partial charge in [0.25, 0.3) is 0 Å². The maximum Gasteiger partial charge on any atom is 0.101 e. The van der Waals surface area contributed by atoms with Gasteiger partial charge in [-0.1, -0.05) is 15.9 Å². The van der Waals surface area contributed by atoms with Crippen LogP contribution in [0.25, 0.3) is 0 Å². The van der Waals surface area contributed by atoms with Crippen LogP contribution in [0.3, 0.4) is 0 Å². The summed E-state index contributed by atoms with van der Waals surface area (Å²) in [6.07, 6.45) is 4.88. The van der Waals surface area contributed by atoms with Crippen molar-refractivity contribution in [3.63, 3.8) is 0 Å². The van der Waals surface area contributed by atoms with Gasteiger partial charge in [-0.3, -0.25) is 0 Å². The van der Waals surface area contributed by atoms with Crippen LogP contribution in [-0.2, 0) is 0 Å². The Morgan fingerprint density at radius 1 is 1.32 bits per heavy atom. The number of anilines is 1. The van der Waals surface area contributed by atoms with Gasteiger partial charge in [0.15, 0.2) is 0 Å². The SMILES string of the molecule is CNC1CC2CCC(C1)N2c1ccc(Br)cc1C#N. The summed E-state index contributed by atoms with van der Waals surface area (Å²) in [5.74, 6) is 0. The number of hydrogen-bond donors (Lipinski definition) is 1. The Labute approximate surface area is 122 Å². The molecule has 3 nitrogen and oxygen atoms in total. The summed E-state index contributed by atoms with van der Waals surface area (Å²) in [4.78, 5) is 2.50. The minimum Gasteiger partial charge on any atom is -0.364 e. The van der Waals surface area contributed by atoms with Gasteiger partial charge >= 0.3 is 0 Å². The van der Waals surface area contributed by atoms with Gasteiger partial charge in [0.2, 0.25) is 0 Å². The zero-order valence-corrected chi connectivity index (χ0v) is 12.7. The molecule has 0 saturated carbocycles. The molecule has 19 heavy (non-hydrogen) atoms. The lowest BCUT2D eigenvalue weighted by molar-refractivity contribution is 0.373. The molecule has 1 aromatic rings. The molecule has 2 aliphatic heterocycles. The normalized spacial score (nSPS) is 29.3. The minimum absolute atomic E-state index is 0.587. The van der Waals surface area contributed by atoms with Crippen LogP contribution in [0.5, 0.6) is 0 Å². The average Bonchev–Trinajstić information content (AvgIpc) is 2.69. The van der Waals surface area contributed by atoms with E-state index in [0.29, 0.717) is 18.1 Å². The number of nitriles is 1. The molecule has 2 aliphatic rings. The third-order valence-electron chi connectivity index (χ3n) is 4.50. The summed E-state index contributed by atoms with van der Waals surface area (Å²) in [5, 5.41) is 12.8. The zero-order valence-electron chi connectivity index (χ0n) is 11.1. The smallest absolute Gasteiger partial charge is 0.101 e. The van der Waals surface area contributed by atoms with Gasteiger partial charge in [0.1, 0.15) is 6.07 Å². The van der Waals surface area contributed by atoms with E-state index in [1.165, 1.54) is 25.7 Å². The average molecular weight is 320 g/mol. The Morgan fingerprint density at radius 3 is 2.58 bits per heavy atom. The second-order valence-electron chi connectivity index (χ2n) is 5.52. The third kappa shape index (κ3) is 2.26. The number of hydrogen-bond acceptors (Lipinski definition) is 3. The lowest BCUT2D eigenvalue weighted by atomic mass is 9.96. The van der Waals surface area contributed by atoms with E-state index < -0.39 is 0 Å². The van der Waals surface area contributed by atoms with Crippen molar-refractivity contribution in [3.05, 3.63) is 28.2 Å². The van der Waals surface area contributed by atoms with Crippen molar-refractivity contribution in [2.75, 3.05) is 11.9 Å². The standard InChI is InChI=1S/C15H18BrN3/c1-18-12-7-13-3-4-14(8-12)19(13)15-5-2-11(16)6-10(15)9-17/h2,5-6,12-14,18H,3-4,7-8H2,1H3. The number of benzene rings is 1. The summed E-state index contributed by atoms with van der Waals surface area (Å²) in [5.41, 5.74) is 1.90. The Balaban J connectivity index is 1.94. The van der Waals surface area contributed by atoms with Crippen LogP contribution >= 0.6 is 15.9 Å². The van der Waals surface area contributed by atoms with Crippen LogP contribution in [0.15, 0.2) is 22.7 Å². The zero-order chi connectivity index (χ0) is 13.4. The molecule has 0 radical (unpaired) electrons. The summed E-state index contributed by atoms with van der Waals surface area (Å²) in [6.45, 7) is 0. The van der Waals surface area contributed by atoms with Crippen LogP contribution in [0.1, 0.15) is 31.2 Å². The Kier molecular flexibility index (Phi) is 3.51. The monoisotopic (exact) mass is 319 g/mol. The molecule has 2 bridgehead atoms. The van der Waals surface area contributed by atoms with E-state index in [2.05, 4.69) is 45.3 Å². The highest BCUT2D eigenvalue weighted by molar-refractivity contribution is 9.10. The first kappa shape index (κ1) is 13.0. The molecule has 4 heteroatoms. The predicted octanol–water partition coefficient (Wildman–Crippen LogP) is 3.04. The van der Waals surface area contributed by atoms with E-state index in [1.54, 1.807) is 0 Å². The number of fused-ring (bicyclic) bond motifs is 2. The molecule has 0 aliphatic carbocycles. The van der Waals surface area contributed by atoms with Crippen LogP contribution in [-0.4, -0.2) is 25.2 Å². The number of halogens is 1. The van der Waals surface area contributed by atoms with Crippen LogP contribution < -0.4 is 10.2 Å². The summed E-state index contributed by atoms with van der Waals surface area (Å²) in [6, 6.07) is 10.2. The first-order chi connectivity index (χ1) is 9.22. The highest BCUT2D eigenvalue weighted by Gasteiger charge is 2.40. The van der Waals surface area contributed by atoms with Crippen LogP contribution in [0.2, 0.25) is 0 Å². The third-order valence-corrected chi connectivity index (χ3v) is 4.99. The van der Waals surface area contributed by atoms with Crippen molar-refractivity contribution in [3.8, 4) is 6.07 Å². The summed E-state index contributed by atoms with van der Waals surface area (Å²) < 4.78 is 0.977. The van der Waals surface area contributed by atoms with Gasteiger partial charge in [-0.05, 0) is 50.9 Å².